The SMILES string of the molecule is CCOc1ccc(NC(=O)c2cc3n(n2)[C@H](C(F)(F)F)C[C@@H](c2ccc(OC)c(OC)c2)N3)cc1. The van der Waals surface area contributed by atoms with E-state index in [1.165, 1.54) is 20.3 Å². The lowest BCUT2D eigenvalue weighted by atomic mass is 9.96. The van der Waals surface area contributed by atoms with Crippen LogP contribution in [0, 0.1) is 0 Å². The van der Waals surface area contributed by atoms with E-state index in [1.54, 1.807) is 42.5 Å². The summed E-state index contributed by atoms with van der Waals surface area (Å²) in [6.07, 6.45) is -4.88. The van der Waals surface area contributed by atoms with Crippen molar-refractivity contribution in [1.29, 1.82) is 0 Å². The van der Waals surface area contributed by atoms with Gasteiger partial charge >= 0.3 is 6.18 Å². The summed E-state index contributed by atoms with van der Waals surface area (Å²) in [5.74, 6) is 0.987. The zero-order valence-corrected chi connectivity index (χ0v) is 19.3. The number of rotatable bonds is 7. The van der Waals surface area contributed by atoms with Gasteiger partial charge in [-0.1, -0.05) is 6.07 Å². The van der Waals surface area contributed by atoms with Crippen LogP contribution in [0.5, 0.6) is 17.2 Å². The molecule has 0 saturated carbocycles. The molecule has 4 rings (SSSR count). The highest BCUT2D eigenvalue weighted by molar-refractivity contribution is 6.03. The van der Waals surface area contributed by atoms with E-state index in [9.17, 15) is 18.0 Å². The molecule has 2 heterocycles. The molecule has 2 atom stereocenters. The van der Waals surface area contributed by atoms with Crippen LogP contribution in [0.4, 0.5) is 24.7 Å². The van der Waals surface area contributed by atoms with Gasteiger partial charge in [-0.25, -0.2) is 4.68 Å². The fraction of sp³-hybridized carbons (Fsp3) is 0.333. The molecule has 8 nitrogen and oxygen atoms in total. The molecule has 0 saturated heterocycles. The predicted molar refractivity (Wildman–Crippen MR) is 123 cm³/mol. The number of aromatic nitrogens is 2. The Labute approximate surface area is 200 Å². The molecule has 35 heavy (non-hydrogen) atoms. The number of nitrogens with one attached hydrogen (secondary N) is 2. The van der Waals surface area contributed by atoms with Crippen LogP contribution in [0.2, 0.25) is 0 Å². The number of hydrogen-bond donors (Lipinski definition) is 2. The number of fused-ring (bicyclic) bond motifs is 1. The van der Waals surface area contributed by atoms with Crippen molar-refractivity contribution in [2.75, 3.05) is 31.5 Å². The highest BCUT2D eigenvalue weighted by Crippen LogP contribution is 2.44. The average Bonchev–Trinajstić information content (AvgIpc) is 3.28. The van der Waals surface area contributed by atoms with Crippen LogP contribution >= 0.6 is 0 Å². The Morgan fingerprint density at radius 2 is 1.83 bits per heavy atom. The van der Waals surface area contributed by atoms with Crippen LogP contribution in [0.1, 0.15) is 41.5 Å². The molecule has 0 bridgehead atoms. The molecule has 3 aromatic rings. The third-order valence-electron chi connectivity index (χ3n) is 5.66. The Morgan fingerprint density at radius 1 is 1.11 bits per heavy atom. The fourth-order valence-electron chi connectivity index (χ4n) is 3.97. The first kappa shape index (κ1) is 24.2. The molecule has 1 aliphatic rings. The van der Waals surface area contributed by atoms with Crippen molar-refractivity contribution in [3.8, 4) is 17.2 Å². The summed E-state index contributed by atoms with van der Waals surface area (Å²) in [5.41, 5.74) is 0.918. The van der Waals surface area contributed by atoms with Crippen LogP contribution in [0.3, 0.4) is 0 Å². The van der Waals surface area contributed by atoms with Crippen LogP contribution in [0.15, 0.2) is 48.5 Å². The summed E-state index contributed by atoms with van der Waals surface area (Å²) in [5, 5.41) is 9.71. The van der Waals surface area contributed by atoms with Gasteiger partial charge in [0, 0.05) is 18.2 Å². The standard InChI is InChI=1S/C24H25F3N4O4/c1-4-35-16-8-6-15(7-9-16)28-23(32)18-13-22-29-17(12-21(24(25,26)27)31(22)30-18)14-5-10-19(33-2)20(11-14)34-3/h5-11,13,17,21,29H,4,12H2,1-3H3,(H,28,32)/t17-,21-/m0/s1. The van der Waals surface area contributed by atoms with Gasteiger partial charge in [0.25, 0.3) is 5.91 Å². The normalized spacial score (nSPS) is 17.2. The number of benzene rings is 2. The molecular weight excluding hydrogens is 465 g/mol. The maximum absolute atomic E-state index is 14.0. The topological polar surface area (TPSA) is 86.6 Å². The van der Waals surface area contributed by atoms with Gasteiger partial charge in [-0.3, -0.25) is 4.79 Å². The van der Waals surface area contributed by atoms with Crippen molar-refractivity contribution in [1.82, 2.24) is 9.78 Å². The Kier molecular flexibility index (Phi) is 6.77. The van der Waals surface area contributed by atoms with Gasteiger partial charge < -0.3 is 24.8 Å². The zero-order chi connectivity index (χ0) is 25.2. The third kappa shape index (κ3) is 5.13. The monoisotopic (exact) mass is 490 g/mol. The van der Waals surface area contributed by atoms with Crippen molar-refractivity contribution in [2.45, 2.75) is 31.6 Å². The molecule has 2 aromatic carbocycles. The number of halogens is 3. The Hall–Kier alpha value is -3.89. The quantitative estimate of drug-likeness (QED) is 0.473. The highest BCUT2D eigenvalue weighted by Gasteiger charge is 2.47. The second-order valence-corrected chi connectivity index (χ2v) is 7.88. The number of carbonyl (C=O) groups excluding carboxylic acids is 1. The molecule has 0 aliphatic carbocycles. The maximum atomic E-state index is 14.0. The van der Waals surface area contributed by atoms with E-state index in [2.05, 4.69) is 15.7 Å². The largest absolute Gasteiger partial charge is 0.494 e. The van der Waals surface area contributed by atoms with Gasteiger partial charge in [0.05, 0.1) is 26.9 Å². The van der Waals surface area contributed by atoms with E-state index in [-0.39, 0.29) is 17.9 Å². The summed E-state index contributed by atoms with van der Waals surface area (Å²) < 4.78 is 58.7. The number of methoxy groups -OCH3 is 2. The van der Waals surface area contributed by atoms with Crippen LogP contribution in [0.25, 0.3) is 0 Å². The van der Waals surface area contributed by atoms with E-state index < -0.39 is 24.2 Å². The molecule has 2 N–H and O–H groups in total. The minimum absolute atomic E-state index is 0.0928. The summed E-state index contributed by atoms with van der Waals surface area (Å²) in [7, 11) is 2.94. The zero-order valence-electron chi connectivity index (χ0n) is 19.3. The number of carbonyl (C=O) groups is 1. The number of nitrogens with zero attached hydrogens (tertiary/aromatic N) is 2. The first-order valence-corrected chi connectivity index (χ1v) is 10.9. The number of anilines is 2. The molecule has 0 unspecified atom stereocenters. The molecule has 0 fully saturated rings. The number of alkyl halides is 3. The molecule has 1 aliphatic heterocycles. The van der Waals surface area contributed by atoms with Crippen LogP contribution < -0.4 is 24.8 Å². The lowest BCUT2D eigenvalue weighted by Crippen LogP contribution is -2.35. The Bertz CT molecular complexity index is 1190. The van der Waals surface area contributed by atoms with Gasteiger partial charge in [-0.05, 0) is 48.9 Å². The van der Waals surface area contributed by atoms with E-state index in [4.69, 9.17) is 14.2 Å². The molecule has 1 amide bonds. The molecule has 11 heteroatoms. The predicted octanol–water partition coefficient (Wildman–Crippen LogP) is 5.21. The van der Waals surface area contributed by atoms with Crippen LogP contribution in [-0.2, 0) is 0 Å². The van der Waals surface area contributed by atoms with Crippen molar-refractivity contribution in [3.05, 3.63) is 59.8 Å². The van der Waals surface area contributed by atoms with Gasteiger partial charge in [-0.2, -0.15) is 18.3 Å². The second-order valence-electron chi connectivity index (χ2n) is 7.88. The second kappa shape index (κ2) is 9.77. The maximum Gasteiger partial charge on any atom is 0.410 e. The molecule has 186 valence electrons. The Morgan fingerprint density at radius 3 is 2.46 bits per heavy atom. The highest BCUT2D eigenvalue weighted by atomic mass is 19.4. The summed E-state index contributed by atoms with van der Waals surface area (Å²) in [4.78, 5) is 12.7. The van der Waals surface area contributed by atoms with Crippen molar-refractivity contribution in [3.63, 3.8) is 0 Å². The number of hydrogen-bond acceptors (Lipinski definition) is 6. The fourth-order valence-corrected chi connectivity index (χ4v) is 3.97. The van der Waals surface area contributed by atoms with Gasteiger partial charge in [0.1, 0.15) is 11.6 Å². The smallest absolute Gasteiger partial charge is 0.410 e. The summed E-state index contributed by atoms with van der Waals surface area (Å²) >= 11 is 0. The van der Waals surface area contributed by atoms with E-state index >= 15 is 0 Å². The minimum Gasteiger partial charge on any atom is -0.494 e. The third-order valence-corrected chi connectivity index (χ3v) is 5.66. The molecular formula is C24H25F3N4O4. The number of amides is 1. The van der Waals surface area contributed by atoms with Crippen molar-refractivity contribution in [2.24, 2.45) is 0 Å². The van der Waals surface area contributed by atoms with Crippen molar-refractivity contribution < 1.29 is 32.2 Å². The average molecular weight is 490 g/mol. The van der Waals surface area contributed by atoms with E-state index in [1.807, 2.05) is 6.92 Å². The summed E-state index contributed by atoms with van der Waals surface area (Å²) in [6, 6.07) is 10.3. The van der Waals surface area contributed by atoms with E-state index in [0.717, 1.165) is 4.68 Å². The van der Waals surface area contributed by atoms with Gasteiger partial charge in [-0.15, -0.1) is 0 Å². The molecule has 1 aromatic heterocycles. The Balaban J connectivity index is 1.60. The number of ether oxygens (including phenoxy) is 3. The van der Waals surface area contributed by atoms with E-state index in [0.29, 0.717) is 35.1 Å². The van der Waals surface area contributed by atoms with Crippen molar-refractivity contribution >= 4 is 17.4 Å². The minimum atomic E-state index is -4.57. The lowest BCUT2D eigenvalue weighted by Gasteiger charge is -2.33. The molecule has 0 spiro atoms. The van der Waals surface area contributed by atoms with Crippen LogP contribution in [-0.4, -0.2) is 42.7 Å². The lowest BCUT2D eigenvalue weighted by molar-refractivity contribution is -0.173. The molecule has 0 radical (unpaired) electrons. The van der Waals surface area contributed by atoms with Gasteiger partial charge in [0.15, 0.2) is 23.2 Å². The van der Waals surface area contributed by atoms with Gasteiger partial charge in [0.2, 0.25) is 0 Å². The first-order valence-electron chi connectivity index (χ1n) is 10.9. The summed E-state index contributed by atoms with van der Waals surface area (Å²) in [6.45, 7) is 2.36. The first-order chi connectivity index (χ1) is 16.7.